The molecule has 0 bridgehead atoms. The van der Waals surface area contributed by atoms with Gasteiger partial charge in [0.15, 0.2) is 9.84 Å². The second kappa shape index (κ2) is 4.34. The van der Waals surface area contributed by atoms with E-state index in [0.717, 1.165) is 5.69 Å². The summed E-state index contributed by atoms with van der Waals surface area (Å²) in [6, 6.07) is 3.63. The van der Waals surface area contributed by atoms with Crippen LogP contribution in [-0.2, 0) is 9.84 Å². The Morgan fingerprint density at radius 1 is 1.59 bits per heavy atom. The van der Waals surface area contributed by atoms with E-state index in [9.17, 15) is 8.42 Å². The number of nitriles is 1. The number of rotatable bonds is 1. The number of nitrogens with zero attached hydrogens (tertiary/aromatic N) is 3. The van der Waals surface area contributed by atoms with Crippen molar-refractivity contribution >= 4 is 15.5 Å². The van der Waals surface area contributed by atoms with Gasteiger partial charge in [0.2, 0.25) is 0 Å². The molecule has 0 N–H and O–H groups in total. The fourth-order valence-corrected chi connectivity index (χ4v) is 3.62. The molecule has 0 saturated carbocycles. The molecule has 6 heteroatoms. The van der Waals surface area contributed by atoms with Crippen molar-refractivity contribution in [2.75, 3.05) is 23.0 Å². The molecule has 0 spiro atoms. The van der Waals surface area contributed by atoms with E-state index in [0.29, 0.717) is 12.1 Å². The van der Waals surface area contributed by atoms with Crippen LogP contribution < -0.4 is 4.90 Å². The molecule has 1 saturated heterocycles. The molecule has 1 aliphatic rings. The second-order valence-corrected chi connectivity index (χ2v) is 6.39. The highest BCUT2D eigenvalue weighted by Crippen LogP contribution is 2.23. The highest BCUT2D eigenvalue weighted by Gasteiger charge is 2.29. The summed E-state index contributed by atoms with van der Waals surface area (Å²) in [6.45, 7) is 2.27. The number of anilines is 1. The van der Waals surface area contributed by atoms with Crippen molar-refractivity contribution in [3.8, 4) is 6.07 Å². The van der Waals surface area contributed by atoms with E-state index in [1.807, 2.05) is 11.8 Å². The van der Waals surface area contributed by atoms with Gasteiger partial charge in [0.1, 0.15) is 6.07 Å². The van der Waals surface area contributed by atoms with Gasteiger partial charge in [0, 0.05) is 18.8 Å². The Balaban J connectivity index is 2.33. The van der Waals surface area contributed by atoms with Crippen molar-refractivity contribution in [1.82, 2.24) is 4.98 Å². The number of sulfone groups is 1. The van der Waals surface area contributed by atoms with Gasteiger partial charge in [-0.2, -0.15) is 5.26 Å². The molecule has 90 valence electrons. The van der Waals surface area contributed by atoms with Gasteiger partial charge in [-0.05, 0) is 13.0 Å². The summed E-state index contributed by atoms with van der Waals surface area (Å²) in [6.07, 6.45) is 3.18. The van der Waals surface area contributed by atoms with E-state index in [4.69, 9.17) is 5.26 Å². The standard InChI is InChI=1S/C11H13N3O2S/c1-9-8-17(15,16)5-4-14(9)11-7-13-3-2-10(11)6-12/h2-3,7,9H,4-5,8H2,1H3. The van der Waals surface area contributed by atoms with Gasteiger partial charge in [-0.3, -0.25) is 4.98 Å². The summed E-state index contributed by atoms with van der Waals surface area (Å²) in [4.78, 5) is 5.93. The molecule has 0 aliphatic carbocycles. The monoisotopic (exact) mass is 251 g/mol. The first-order chi connectivity index (χ1) is 8.03. The normalized spacial score (nSPS) is 23.1. The lowest BCUT2D eigenvalue weighted by molar-refractivity contribution is 0.568. The third kappa shape index (κ3) is 2.39. The van der Waals surface area contributed by atoms with Crippen molar-refractivity contribution in [3.63, 3.8) is 0 Å². The maximum absolute atomic E-state index is 11.5. The van der Waals surface area contributed by atoms with Crippen LogP contribution in [0.3, 0.4) is 0 Å². The van der Waals surface area contributed by atoms with Gasteiger partial charge in [-0.25, -0.2) is 8.42 Å². The van der Waals surface area contributed by atoms with E-state index in [2.05, 4.69) is 11.1 Å². The lowest BCUT2D eigenvalue weighted by Gasteiger charge is -2.35. The summed E-state index contributed by atoms with van der Waals surface area (Å²) >= 11 is 0. The molecule has 5 nitrogen and oxygen atoms in total. The molecule has 0 radical (unpaired) electrons. The molecule has 2 rings (SSSR count). The van der Waals surface area contributed by atoms with Crippen LogP contribution in [0.15, 0.2) is 18.5 Å². The molecule has 1 unspecified atom stereocenters. The Labute approximate surface area is 101 Å². The van der Waals surface area contributed by atoms with Crippen LogP contribution in [-0.4, -0.2) is 37.5 Å². The summed E-state index contributed by atoms with van der Waals surface area (Å²) in [7, 11) is -2.94. The summed E-state index contributed by atoms with van der Waals surface area (Å²) in [5.74, 6) is 0.268. The molecule has 2 heterocycles. The van der Waals surface area contributed by atoms with Gasteiger partial charge < -0.3 is 4.90 Å². The molecule has 1 aromatic rings. The molecule has 1 atom stereocenters. The van der Waals surface area contributed by atoms with Crippen LogP contribution in [0.5, 0.6) is 0 Å². The maximum atomic E-state index is 11.5. The van der Waals surface area contributed by atoms with Crippen LogP contribution in [0.1, 0.15) is 12.5 Å². The lowest BCUT2D eigenvalue weighted by Crippen LogP contribution is -2.47. The van der Waals surface area contributed by atoms with Crippen molar-refractivity contribution < 1.29 is 8.42 Å². The zero-order valence-electron chi connectivity index (χ0n) is 9.50. The first kappa shape index (κ1) is 11.9. The Morgan fingerprint density at radius 3 is 3.00 bits per heavy atom. The van der Waals surface area contributed by atoms with E-state index < -0.39 is 9.84 Å². The fraction of sp³-hybridized carbons (Fsp3) is 0.455. The van der Waals surface area contributed by atoms with Gasteiger partial charge >= 0.3 is 0 Å². The molecular weight excluding hydrogens is 238 g/mol. The minimum atomic E-state index is -2.94. The van der Waals surface area contributed by atoms with Crippen molar-refractivity contribution in [2.24, 2.45) is 0 Å². The highest BCUT2D eigenvalue weighted by atomic mass is 32.2. The Hall–Kier alpha value is -1.61. The average Bonchev–Trinajstić information content (AvgIpc) is 2.28. The molecular formula is C11H13N3O2S. The Bertz CT molecular complexity index is 562. The van der Waals surface area contributed by atoms with Gasteiger partial charge in [-0.15, -0.1) is 0 Å². The molecule has 1 aliphatic heterocycles. The van der Waals surface area contributed by atoms with Gasteiger partial charge in [0.25, 0.3) is 0 Å². The first-order valence-corrected chi connectivity index (χ1v) is 7.17. The van der Waals surface area contributed by atoms with Crippen LogP contribution in [0.2, 0.25) is 0 Å². The third-order valence-corrected chi connectivity index (χ3v) is 4.70. The van der Waals surface area contributed by atoms with E-state index >= 15 is 0 Å². The van der Waals surface area contributed by atoms with Crippen molar-refractivity contribution in [3.05, 3.63) is 24.0 Å². The number of hydrogen-bond acceptors (Lipinski definition) is 5. The number of hydrogen-bond donors (Lipinski definition) is 0. The van der Waals surface area contributed by atoms with Crippen LogP contribution in [0.4, 0.5) is 5.69 Å². The Morgan fingerprint density at radius 2 is 2.35 bits per heavy atom. The zero-order chi connectivity index (χ0) is 12.5. The lowest BCUT2D eigenvalue weighted by atomic mass is 10.2. The molecule has 0 amide bonds. The van der Waals surface area contributed by atoms with E-state index in [1.165, 1.54) is 0 Å². The quantitative estimate of drug-likeness (QED) is 0.729. The smallest absolute Gasteiger partial charge is 0.154 e. The summed E-state index contributed by atoms with van der Waals surface area (Å²) in [5.41, 5.74) is 1.25. The minimum Gasteiger partial charge on any atom is -0.364 e. The van der Waals surface area contributed by atoms with Crippen LogP contribution in [0, 0.1) is 11.3 Å². The highest BCUT2D eigenvalue weighted by molar-refractivity contribution is 7.91. The molecule has 0 aromatic carbocycles. The van der Waals surface area contributed by atoms with E-state index in [1.54, 1.807) is 18.5 Å². The second-order valence-electron chi connectivity index (χ2n) is 4.16. The van der Waals surface area contributed by atoms with Gasteiger partial charge in [0.05, 0.1) is 29.0 Å². The van der Waals surface area contributed by atoms with Gasteiger partial charge in [-0.1, -0.05) is 0 Å². The predicted molar refractivity (Wildman–Crippen MR) is 64.4 cm³/mol. The Kier molecular flexibility index (Phi) is 3.03. The van der Waals surface area contributed by atoms with E-state index in [-0.39, 0.29) is 17.5 Å². The molecule has 1 fully saturated rings. The zero-order valence-corrected chi connectivity index (χ0v) is 10.3. The summed E-state index contributed by atoms with van der Waals surface area (Å²) < 4.78 is 23.0. The predicted octanol–water partition coefficient (Wildman–Crippen LogP) is 0.577. The summed E-state index contributed by atoms with van der Waals surface area (Å²) in [5, 5.41) is 9.02. The van der Waals surface area contributed by atoms with Crippen molar-refractivity contribution in [2.45, 2.75) is 13.0 Å². The van der Waals surface area contributed by atoms with Crippen LogP contribution >= 0.6 is 0 Å². The molecule has 1 aromatic heterocycles. The first-order valence-electron chi connectivity index (χ1n) is 5.35. The maximum Gasteiger partial charge on any atom is 0.154 e. The molecule has 17 heavy (non-hydrogen) atoms. The minimum absolute atomic E-state index is 0.120. The largest absolute Gasteiger partial charge is 0.364 e. The van der Waals surface area contributed by atoms with Crippen molar-refractivity contribution in [1.29, 1.82) is 5.26 Å². The topological polar surface area (TPSA) is 74.1 Å². The number of pyridine rings is 1. The van der Waals surface area contributed by atoms with Crippen LogP contribution in [0.25, 0.3) is 0 Å². The SMILES string of the molecule is CC1CS(=O)(=O)CCN1c1cnccc1C#N. The third-order valence-electron chi connectivity index (χ3n) is 2.90. The fourth-order valence-electron chi connectivity index (χ4n) is 2.07. The average molecular weight is 251 g/mol. The number of aromatic nitrogens is 1.